The van der Waals surface area contributed by atoms with Gasteiger partial charge in [-0.15, -0.1) is 0 Å². The van der Waals surface area contributed by atoms with Gasteiger partial charge in [-0.25, -0.2) is 0 Å². The van der Waals surface area contributed by atoms with Crippen molar-refractivity contribution in [2.45, 2.75) is 19.8 Å². The summed E-state index contributed by atoms with van der Waals surface area (Å²) in [5.74, 6) is 0.858. The number of aromatic hydroxyl groups is 1. The monoisotopic (exact) mass is 322 g/mol. The fourth-order valence-corrected chi connectivity index (χ4v) is 1.75. The number of unbranched alkanes of at least 4 members (excludes halogenated alkanes) is 1. The Balaban J connectivity index is 2.75. The molecule has 1 aromatic carbocycles. The average molecular weight is 324 g/mol. The van der Waals surface area contributed by atoms with E-state index in [1.54, 1.807) is 6.07 Å². The second-order valence-corrected chi connectivity index (χ2v) is 4.65. The van der Waals surface area contributed by atoms with E-state index in [4.69, 9.17) is 4.74 Å². The molecule has 1 rings (SSSR count). The van der Waals surface area contributed by atoms with Crippen LogP contribution >= 0.6 is 31.9 Å². The molecule has 0 aliphatic rings. The predicted molar refractivity (Wildman–Crippen MR) is 63.9 cm³/mol. The molecule has 0 aromatic heterocycles. The maximum Gasteiger partial charge on any atom is 0.138 e. The highest BCUT2D eigenvalue weighted by molar-refractivity contribution is 9.11. The fourth-order valence-electron chi connectivity index (χ4n) is 0.982. The molecule has 0 heterocycles. The van der Waals surface area contributed by atoms with Crippen LogP contribution in [0.2, 0.25) is 0 Å². The molecule has 0 aliphatic carbocycles. The standard InChI is InChI=1S/C10H12Br2O2/c1-2-3-4-14-9-6-7(11)5-8(13)10(9)12/h5-6,13H,2-4H2,1H3. The number of phenols is 1. The summed E-state index contributed by atoms with van der Waals surface area (Å²) in [6, 6.07) is 3.45. The molecular weight excluding hydrogens is 312 g/mol. The van der Waals surface area contributed by atoms with Gasteiger partial charge in [0.05, 0.1) is 6.61 Å². The first-order valence-corrected chi connectivity index (χ1v) is 6.04. The molecule has 0 amide bonds. The van der Waals surface area contributed by atoms with Gasteiger partial charge in [0.25, 0.3) is 0 Å². The molecule has 0 bridgehead atoms. The summed E-state index contributed by atoms with van der Waals surface area (Å²) in [5, 5.41) is 9.48. The van der Waals surface area contributed by atoms with Gasteiger partial charge < -0.3 is 9.84 Å². The highest BCUT2D eigenvalue weighted by Crippen LogP contribution is 2.36. The van der Waals surface area contributed by atoms with Gasteiger partial charge in [-0.2, -0.15) is 0 Å². The van der Waals surface area contributed by atoms with Crippen molar-refractivity contribution < 1.29 is 9.84 Å². The Morgan fingerprint density at radius 3 is 2.71 bits per heavy atom. The van der Waals surface area contributed by atoms with E-state index in [9.17, 15) is 5.11 Å². The quantitative estimate of drug-likeness (QED) is 0.845. The molecule has 4 heteroatoms. The van der Waals surface area contributed by atoms with Crippen molar-refractivity contribution in [1.82, 2.24) is 0 Å². The summed E-state index contributed by atoms with van der Waals surface area (Å²) >= 11 is 6.57. The molecule has 2 nitrogen and oxygen atoms in total. The van der Waals surface area contributed by atoms with Crippen molar-refractivity contribution >= 4 is 31.9 Å². The molecule has 0 spiro atoms. The van der Waals surface area contributed by atoms with Crippen molar-refractivity contribution in [3.05, 3.63) is 21.1 Å². The lowest BCUT2D eigenvalue weighted by Crippen LogP contribution is -1.97. The molecule has 1 aromatic rings. The molecule has 14 heavy (non-hydrogen) atoms. The van der Waals surface area contributed by atoms with Crippen LogP contribution in [-0.2, 0) is 0 Å². The van der Waals surface area contributed by atoms with Crippen LogP contribution in [0.15, 0.2) is 21.1 Å². The van der Waals surface area contributed by atoms with E-state index in [1.807, 2.05) is 6.07 Å². The minimum atomic E-state index is 0.186. The number of ether oxygens (including phenoxy) is 1. The Labute approximate surface area is 101 Å². The summed E-state index contributed by atoms with van der Waals surface area (Å²) in [6.07, 6.45) is 2.11. The average Bonchev–Trinajstić information content (AvgIpc) is 2.13. The van der Waals surface area contributed by atoms with E-state index >= 15 is 0 Å². The van der Waals surface area contributed by atoms with Gasteiger partial charge in [0, 0.05) is 4.47 Å². The molecule has 0 saturated carbocycles. The highest BCUT2D eigenvalue weighted by Gasteiger charge is 2.07. The van der Waals surface area contributed by atoms with Crippen LogP contribution in [0.1, 0.15) is 19.8 Å². The van der Waals surface area contributed by atoms with Gasteiger partial charge in [0.2, 0.25) is 0 Å². The van der Waals surface area contributed by atoms with Gasteiger partial charge in [0.15, 0.2) is 0 Å². The molecule has 0 radical (unpaired) electrons. The Morgan fingerprint density at radius 2 is 2.07 bits per heavy atom. The zero-order valence-corrected chi connectivity index (χ0v) is 11.1. The number of benzene rings is 1. The van der Waals surface area contributed by atoms with E-state index in [0.717, 1.165) is 17.3 Å². The zero-order chi connectivity index (χ0) is 10.6. The third kappa shape index (κ3) is 3.17. The van der Waals surface area contributed by atoms with Crippen LogP contribution in [0.25, 0.3) is 0 Å². The number of hydrogen-bond acceptors (Lipinski definition) is 2. The Morgan fingerprint density at radius 1 is 1.36 bits per heavy atom. The summed E-state index contributed by atoms with van der Waals surface area (Å²) in [5.41, 5.74) is 0. The first kappa shape index (κ1) is 11.9. The second kappa shape index (κ2) is 5.61. The smallest absolute Gasteiger partial charge is 0.138 e. The molecule has 0 aliphatic heterocycles. The van der Waals surface area contributed by atoms with Crippen LogP contribution in [0.3, 0.4) is 0 Å². The highest BCUT2D eigenvalue weighted by atomic mass is 79.9. The van der Waals surface area contributed by atoms with Gasteiger partial charge >= 0.3 is 0 Å². The summed E-state index contributed by atoms with van der Waals surface area (Å²) in [4.78, 5) is 0. The number of hydrogen-bond donors (Lipinski definition) is 1. The number of phenolic OH excluding ortho intramolecular Hbond substituents is 1. The van der Waals surface area contributed by atoms with Crippen LogP contribution in [0.4, 0.5) is 0 Å². The first-order valence-electron chi connectivity index (χ1n) is 4.46. The minimum absolute atomic E-state index is 0.186. The normalized spacial score (nSPS) is 10.2. The summed E-state index contributed by atoms with van der Waals surface area (Å²) in [6.45, 7) is 2.78. The summed E-state index contributed by atoms with van der Waals surface area (Å²) < 4.78 is 6.92. The SMILES string of the molecule is CCCCOc1cc(Br)cc(O)c1Br. The van der Waals surface area contributed by atoms with Crippen LogP contribution < -0.4 is 4.74 Å². The van der Waals surface area contributed by atoms with E-state index in [0.29, 0.717) is 16.8 Å². The van der Waals surface area contributed by atoms with Gasteiger partial charge in [0.1, 0.15) is 16.0 Å². The maximum absolute atomic E-state index is 9.48. The molecule has 0 unspecified atom stereocenters. The maximum atomic E-state index is 9.48. The van der Waals surface area contributed by atoms with E-state index in [1.165, 1.54) is 0 Å². The lowest BCUT2D eigenvalue weighted by Gasteiger charge is -2.09. The molecular formula is C10H12Br2O2. The van der Waals surface area contributed by atoms with Gasteiger partial charge in [-0.1, -0.05) is 29.3 Å². The summed E-state index contributed by atoms with van der Waals surface area (Å²) in [7, 11) is 0. The second-order valence-electron chi connectivity index (χ2n) is 2.94. The molecule has 1 N–H and O–H groups in total. The molecule has 0 fully saturated rings. The number of rotatable bonds is 4. The predicted octanol–water partition coefficient (Wildman–Crippen LogP) is 4.10. The lowest BCUT2D eigenvalue weighted by atomic mass is 10.3. The first-order chi connectivity index (χ1) is 6.65. The number of halogens is 2. The van der Waals surface area contributed by atoms with Crippen molar-refractivity contribution in [2.75, 3.05) is 6.61 Å². The van der Waals surface area contributed by atoms with Crippen molar-refractivity contribution in [3.8, 4) is 11.5 Å². The molecule has 78 valence electrons. The van der Waals surface area contributed by atoms with E-state index in [-0.39, 0.29) is 5.75 Å². The molecule has 0 atom stereocenters. The van der Waals surface area contributed by atoms with Crippen LogP contribution in [-0.4, -0.2) is 11.7 Å². The minimum Gasteiger partial charge on any atom is -0.507 e. The van der Waals surface area contributed by atoms with Crippen LogP contribution in [0, 0.1) is 0 Å². The van der Waals surface area contributed by atoms with Crippen molar-refractivity contribution in [3.63, 3.8) is 0 Å². The fraction of sp³-hybridized carbons (Fsp3) is 0.400. The lowest BCUT2D eigenvalue weighted by molar-refractivity contribution is 0.305. The van der Waals surface area contributed by atoms with Gasteiger partial charge in [-0.05, 0) is 34.5 Å². The topological polar surface area (TPSA) is 29.5 Å². The largest absolute Gasteiger partial charge is 0.507 e. The Bertz CT molecular complexity index is 313. The Kier molecular flexibility index (Phi) is 4.75. The zero-order valence-electron chi connectivity index (χ0n) is 7.89. The molecule has 0 saturated heterocycles. The van der Waals surface area contributed by atoms with Crippen LogP contribution in [0.5, 0.6) is 11.5 Å². The van der Waals surface area contributed by atoms with Crippen molar-refractivity contribution in [2.24, 2.45) is 0 Å². The van der Waals surface area contributed by atoms with E-state index < -0.39 is 0 Å². The van der Waals surface area contributed by atoms with Gasteiger partial charge in [-0.3, -0.25) is 0 Å². The van der Waals surface area contributed by atoms with Crippen molar-refractivity contribution in [1.29, 1.82) is 0 Å². The van der Waals surface area contributed by atoms with E-state index in [2.05, 4.69) is 38.8 Å². The Hall–Kier alpha value is -0.220. The third-order valence-electron chi connectivity index (χ3n) is 1.74. The third-order valence-corrected chi connectivity index (χ3v) is 3.00.